The third kappa shape index (κ3) is 3.95. The highest BCUT2D eigenvalue weighted by Crippen LogP contribution is 2.21. The minimum Gasteiger partial charge on any atom is -0.352 e. The minimum atomic E-state index is -0.00782. The summed E-state index contributed by atoms with van der Waals surface area (Å²) in [6.07, 6.45) is 7.78. The summed E-state index contributed by atoms with van der Waals surface area (Å²) in [6, 6.07) is 5.59. The molecule has 96 valence electrons. The SMILES string of the molecule is O=C(NCC1CC=CCC1)c1cc(Br)cc(Br)c1. The fourth-order valence-corrected chi connectivity index (χ4v) is 3.36. The summed E-state index contributed by atoms with van der Waals surface area (Å²) in [5.74, 6) is 0.570. The lowest BCUT2D eigenvalue weighted by Gasteiger charge is -2.18. The molecule has 0 heterocycles. The standard InChI is InChI=1S/C14H15Br2NO/c15-12-6-11(7-13(16)8-12)14(18)17-9-10-4-2-1-3-5-10/h1-2,6-8,10H,3-5,9H2,(H,17,18). The van der Waals surface area contributed by atoms with E-state index in [9.17, 15) is 4.79 Å². The van der Waals surface area contributed by atoms with Crippen molar-refractivity contribution >= 4 is 37.8 Å². The lowest BCUT2D eigenvalue weighted by molar-refractivity contribution is 0.0946. The van der Waals surface area contributed by atoms with Gasteiger partial charge in [0.2, 0.25) is 0 Å². The van der Waals surface area contributed by atoms with Gasteiger partial charge in [-0.15, -0.1) is 0 Å². The normalized spacial score (nSPS) is 18.7. The highest BCUT2D eigenvalue weighted by atomic mass is 79.9. The maximum absolute atomic E-state index is 12.0. The van der Waals surface area contributed by atoms with Gasteiger partial charge in [0.1, 0.15) is 0 Å². The molecule has 1 aliphatic rings. The van der Waals surface area contributed by atoms with Crippen molar-refractivity contribution in [2.24, 2.45) is 5.92 Å². The maximum atomic E-state index is 12.0. The van der Waals surface area contributed by atoms with Crippen LogP contribution < -0.4 is 5.32 Å². The zero-order valence-corrected chi connectivity index (χ0v) is 13.1. The average Bonchev–Trinajstić information content (AvgIpc) is 2.36. The highest BCUT2D eigenvalue weighted by Gasteiger charge is 2.12. The molecule has 0 radical (unpaired) electrons. The summed E-state index contributed by atoms with van der Waals surface area (Å²) in [6.45, 7) is 0.757. The molecule has 18 heavy (non-hydrogen) atoms. The second-order valence-electron chi connectivity index (χ2n) is 4.52. The molecule has 1 atom stereocenters. The number of nitrogens with one attached hydrogen (secondary N) is 1. The number of rotatable bonds is 3. The van der Waals surface area contributed by atoms with E-state index in [1.165, 1.54) is 6.42 Å². The molecule has 0 spiro atoms. The van der Waals surface area contributed by atoms with E-state index in [1.54, 1.807) is 0 Å². The molecule has 0 saturated carbocycles. The van der Waals surface area contributed by atoms with Crippen LogP contribution in [0, 0.1) is 5.92 Å². The Morgan fingerprint density at radius 1 is 1.22 bits per heavy atom. The molecule has 1 aliphatic carbocycles. The fraction of sp³-hybridized carbons (Fsp3) is 0.357. The molecule has 1 unspecified atom stereocenters. The summed E-state index contributed by atoms with van der Waals surface area (Å²) in [5.41, 5.74) is 0.683. The predicted molar refractivity (Wildman–Crippen MR) is 80.7 cm³/mol. The second-order valence-corrected chi connectivity index (χ2v) is 6.35. The summed E-state index contributed by atoms with van der Waals surface area (Å²) in [5, 5.41) is 3.01. The van der Waals surface area contributed by atoms with Crippen molar-refractivity contribution in [3.63, 3.8) is 0 Å². The van der Waals surface area contributed by atoms with Crippen molar-refractivity contribution < 1.29 is 4.79 Å². The molecule has 2 nitrogen and oxygen atoms in total. The fourth-order valence-electron chi connectivity index (χ4n) is 2.07. The molecule has 0 saturated heterocycles. The van der Waals surface area contributed by atoms with Gasteiger partial charge in [-0.2, -0.15) is 0 Å². The summed E-state index contributed by atoms with van der Waals surface area (Å²) in [4.78, 5) is 12.0. The van der Waals surface area contributed by atoms with Crippen LogP contribution >= 0.6 is 31.9 Å². The van der Waals surface area contributed by atoms with E-state index in [1.807, 2.05) is 18.2 Å². The summed E-state index contributed by atoms with van der Waals surface area (Å²) >= 11 is 6.78. The van der Waals surface area contributed by atoms with Crippen molar-refractivity contribution in [1.29, 1.82) is 0 Å². The lowest BCUT2D eigenvalue weighted by atomic mass is 9.94. The molecule has 1 N–H and O–H groups in total. The summed E-state index contributed by atoms with van der Waals surface area (Å²) in [7, 11) is 0. The van der Waals surface area contributed by atoms with Crippen LogP contribution in [0.2, 0.25) is 0 Å². The maximum Gasteiger partial charge on any atom is 0.251 e. The van der Waals surface area contributed by atoms with E-state index in [2.05, 4.69) is 49.3 Å². The van der Waals surface area contributed by atoms with E-state index in [-0.39, 0.29) is 5.91 Å². The van der Waals surface area contributed by atoms with Gasteiger partial charge in [-0.3, -0.25) is 4.79 Å². The van der Waals surface area contributed by atoms with Gasteiger partial charge in [-0.25, -0.2) is 0 Å². The van der Waals surface area contributed by atoms with E-state index in [4.69, 9.17) is 0 Å². The van der Waals surface area contributed by atoms with Crippen LogP contribution in [0.15, 0.2) is 39.3 Å². The zero-order chi connectivity index (χ0) is 13.0. The molecule has 0 fully saturated rings. The van der Waals surface area contributed by atoms with Gasteiger partial charge < -0.3 is 5.32 Å². The van der Waals surface area contributed by atoms with Crippen molar-refractivity contribution in [1.82, 2.24) is 5.32 Å². The number of hydrogen-bond donors (Lipinski definition) is 1. The Bertz CT molecular complexity index is 451. The number of carbonyl (C=O) groups is 1. The summed E-state index contributed by atoms with van der Waals surface area (Å²) < 4.78 is 1.81. The van der Waals surface area contributed by atoms with E-state index in [0.29, 0.717) is 11.5 Å². The Morgan fingerprint density at radius 3 is 2.56 bits per heavy atom. The molecule has 1 aromatic rings. The highest BCUT2D eigenvalue weighted by molar-refractivity contribution is 9.11. The largest absolute Gasteiger partial charge is 0.352 e. The van der Waals surface area contributed by atoms with Gasteiger partial charge in [0.15, 0.2) is 0 Å². The first kappa shape index (κ1) is 13.8. The number of allylic oxidation sites excluding steroid dienone is 2. The Balaban J connectivity index is 1.92. The first-order chi connectivity index (χ1) is 8.65. The minimum absolute atomic E-state index is 0.00782. The lowest BCUT2D eigenvalue weighted by Crippen LogP contribution is -2.29. The van der Waals surface area contributed by atoms with Gasteiger partial charge in [0.05, 0.1) is 0 Å². The van der Waals surface area contributed by atoms with Crippen LogP contribution in [0.4, 0.5) is 0 Å². The quantitative estimate of drug-likeness (QED) is 0.787. The van der Waals surface area contributed by atoms with Crippen LogP contribution in [0.1, 0.15) is 29.6 Å². The van der Waals surface area contributed by atoms with Crippen LogP contribution in [0.25, 0.3) is 0 Å². The van der Waals surface area contributed by atoms with Gasteiger partial charge in [-0.1, -0.05) is 44.0 Å². The van der Waals surface area contributed by atoms with Gasteiger partial charge >= 0.3 is 0 Å². The van der Waals surface area contributed by atoms with Gasteiger partial charge in [0.25, 0.3) is 5.91 Å². The van der Waals surface area contributed by atoms with Gasteiger partial charge in [-0.05, 0) is 43.4 Å². The van der Waals surface area contributed by atoms with E-state index < -0.39 is 0 Å². The number of hydrogen-bond acceptors (Lipinski definition) is 1. The number of halogens is 2. The van der Waals surface area contributed by atoms with Crippen molar-refractivity contribution in [2.45, 2.75) is 19.3 Å². The second kappa shape index (κ2) is 6.53. The van der Waals surface area contributed by atoms with Crippen molar-refractivity contribution in [2.75, 3.05) is 6.54 Å². The third-order valence-electron chi connectivity index (χ3n) is 3.05. The van der Waals surface area contributed by atoms with Crippen molar-refractivity contribution in [3.8, 4) is 0 Å². The van der Waals surface area contributed by atoms with Crippen LogP contribution in [0.5, 0.6) is 0 Å². The molecule has 2 rings (SSSR count). The molecular weight excluding hydrogens is 358 g/mol. The number of carbonyl (C=O) groups excluding carboxylic acids is 1. The molecule has 1 aromatic carbocycles. The Kier molecular flexibility index (Phi) is 5.01. The first-order valence-corrected chi connectivity index (χ1v) is 7.63. The zero-order valence-electron chi connectivity index (χ0n) is 9.96. The topological polar surface area (TPSA) is 29.1 Å². The molecule has 4 heteroatoms. The molecule has 0 aromatic heterocycles. The Morgan fingerprint density at radius 2 is 1.94 bits per heavy atom. The number of amides is 1. The predicted octanol–water partition coefficient (Wildman–Crippen LogP) is 4.30. The van der Waals surface area contributed by atoms with Crippen molar-refractivity contribution in [3.05, 3.63) is 44.9 Å². The molecular formula is C14H15Br2NO. The average molecular weight is 373 g/mol. The number of benzene rings is 1. The molecule has 0 bridgehead atoms. The monoisotopic (exact) mass is 371 g/mol. The van der Waals surface area contributed by atoms with E-state index in [0.717, 1.165) is 28.3 Å². The van der Waals surface area contributed by atoms with Crippen LogP contribution in [-0.2, 0) is 0 Å². The van der Waals surface area contributed by atoms with Gasteiger partial charge in [0, 0.05) is 21.1 Å². The van der Waals surface area contributed by atoms with Crippen LogP contribution in [-0.4, -0.2) is 12.5 Å². The Hall–Kier alpha value is -0.610. The third-order valence-corrected chi connectivity index (χ3v) is 3.97. The van der Waals surface area contributed by atoms with Crippen LogP contribution in [0.3, 0.4) is 0 Å². The first-order valence-electron chi connectivity index (χ1n) is 6.04. The van der Waals surface area contributed by atoms with E-state index >= 15 is 0 Å². The Labute approximate surface area is 124 Å². The molecule has 0 aliphatic heterocycles. The smallest absolute Gasteiger partial charge is 0.251 e. The molecule has 1 amide bonds.